The van der Waals surface area contributed by atoms with Gasteiger partial charge in [0.2, 0.25) is 5.91 Å². The summed E-state index contributed by atoms with van der Waals surface area (Å²) < 4.78 is 1.03. The standard InChI is InChI=1S/C19H26IN3O2/c1-14-4-3-5-16(17(14)20)19(25)22-8-6-15(7-9-22)18(24)23-12-10-21(2)11-13-23/h3-5,15H,6-13H2,1-2H3. The molecule has 0 aromatic heterocycles. The first-order valence-electron chi connectivity index (χ1n) is 8.99. The van der Waals surface area contributed by atoms with Gasteiger partial charge in [0.05, 0.1) is 5.56 Å². The van der Waals surface area contributed by atoms with Crippen LogP contribution in [0.25, 0.3) is 0 Å². The second kappa shape index (κ2) is 8.03. The molecule has 0 N–H and O–H groups in total. The summed E-state index contributed by atoms with van der Waals surface area (Å²) in [6.07, 6.45) is 1.55. The molecule has 5 nitrogen and oxygen atoms in total. The van der Waals surface area contributed by atoms with Crippen LogP contribution in [0.3, 0.4) is 0 Å². The predicted octanol–water partition coefficient (Wildman–Crippen LogP) is 2.23. The van der Waals surface area contributed by atoms with Gasteiger partial charge in [0, 0.05) is 48.8 Å². The summed E-state index contributed by atoms with van der Waals surface area (Å²) in [6.45, 7) is 6.94. The van der Waals surface area contributed by atoms with E-state index in [0.29, 0.717) is 13.1 Å². The molecule has 0 radical (unpaired) electrons. The van der Waals surface area contributed by atoms with E-state index in [1.807, 2.05) is 34.9 Å². The summed E-state index contributed by atoms with van der Waals surface area (Å²) in [5.41, 5.74) is 1.91. The van der Waals surface area contributed by atoms with Crippen LogP contribution in [0, 0.1) is 16.4 Å². The molecule has 0 unspecified atom stereocenters. The smallest absolute Gasteiger partial charge is 0.254 e. The van der Waals surface area contributed by atoms with Gasteiger partial charge in [-0.15, -0.1) is 0 Å². The SMILES string of the molecule is Cc1cccc(C(=O)N2CCC(C(=O)N3CCN(C)CC3)CC2)c1I. The lowest BCUT2D eigenvalue weighted by molar-refractivity contribution is -0.138. The largest absolute Gasteiger partial charge is 0.340 e. The zero-order valence-electron chi connectivity index (χ0n) is 15.0. The van der Waals surface area contributed by atoms with Crippen molar-refractivity contribution in [2.24, 2.45) is 5.92 Å². The number of halogens is 1. The van der Waals surface area contributed by atoms with Crippen LogP contribution in [0.5, 0.6) is 0 Å². The minimum absolute atomic E-state index is 0.0732. The van der Waals surface area contributed by atoms with Crippen LogP contribution in [-0.2, 0) is 4.79 Å². The van der Waals surface area contributed by atoms with Crippen LogP contribution in [0.2, 0.25) is 0 Å². The second-order valence-electron chi connectivity index (χ2n) is 7.13. The maximum atomic E-state index is 12.8. The zero-order valence-corrected chi connectivity index (χ0v) is 17.2. The molecule has 0 spiro atoms. The van der Waals surface area contributed by atoms with Crippen molar-refractivity contribution in [1.29, 1.82) is 0 Å². The van der Waals surface area contributed by atoms with Crippen molar-refractivity contribution in [3.05, 3.63) is 32.9 Å². The fourth-order valence-electron chi connectivity index (χ4n) is 3.60. The Morgan fingerprint density at radius 3 is 2.28 bits per heavy atom. The summed E-state index contributed by atoms with van der Waals surface area (Å²) in [6, 6.07) is 5.87. The monoisotopic (exact) mass is 455 g/mol. The highest BCUT2D eigenvalue weighted by molar-refractivity contribution is 14.1. The van der Waals surface area contributed by atoms with E-state index in [2.05, 4.69) is 34.5 Å². The molecular formula is C19H26IN3O2. The number of aryl methyl sites for hydroxylation is 1. The normalized spacial score (nSPS) is 20.0. The third kappa shape index (κ3) is 4.16. The molecule has 25 heavy (non-hydrogen) atoms. The molecule has 3 rings (SSSR count). The molecule has 2 saturated heterocycles. The predicted molar refractivity (Wildman–Crippen MR) is 107 cm³/mol. The second-order valence-corrected chi connectivity index (χ2v) is 8.21. The van der Waals surface area contributed by atoms with Gasteiger partial charge >= 0.3 is 0 Å². The number of nitrogens with zero attached hydrogens (tertiary/aromatic N) is 3. The lowest BCUT2D eigenvalue weighted by Crippen LogP contribution is -2.51. The quantitative estimate of drug-likeness (QED) is 0.643. The van der Waals surface area contributed by atoms with Crippen molar-refractivity contribution in [3.63, 3.8) is 0 Å². The lowest BCUT2D eigenvalue weighted by Gasteiger charge is -2.37. The van der Waals surface area contributed by atoms with Crippen molar-refractivity contribution < 1.29 is 9.59 Å². The number of carbonyl (C=O) groups excluding carboxylic acids is 2. The molecular weight excluding hydrogens is 429 g/mol. The van der Waals surface area contributed by atoms with Crippen LogP contribution in [0.1, 0.15) is 28.8 Å². The number of piperidine rings is 1. The van der Waals surface area contributed by atoms with Gasteiger partial charge < -0.3 is 14.7 Å². The molecule has 0 atom stereocenters. The van der Waals surface area contributed by atoms with Gasteiger partial charge in [0.25, 0.3) is 5.91 Å². The Kier molecular flexibility index (Phi) is 5.99. The average Bonchev–Trinajstić information content (AvgIpc) is 2.64. The Hall–Kier alpha value is -1.15. The molecule has 2 fully saturated rings. The molecule has 2 amide bonds. The molecule has 1 aromatic carbocycles. The van der Waals surface area contributed by atoms with Gasteiger partial charge in [-0.05, 0) is 61.0 Å². The van der Waals surface area contributed by atoms with E-state index in [1.54, 1.807) is 0 Å². The Labute approximate surface area is 163 Å². The topological polar surface area (TPSA) is 43.9 Å². The highest BCUT2D eigenvalue weighted by atomic mass is 127. The van der Waals surface area contributed by atoms with Gasteiger partial charge in [-0.25, -0.2) is 0 Å². The van der Waals surface area contributed by atoms with E-state index in [1.165, 1.54) is 0 Å². The van der Waals surface area contributed by atoms with Crippen molar-refractivity contribution in [2.45, 2.75) is 19.8 Å². The van der Waals surface area contributed by atoms with Crippen LogP contribution in [0.4, 0.5) is 0 Å². The Morgan fingerprint density at radius 2 is 1.64 bits per heavy atom. The molecule has 136 valence electrons. The lowest BCUT2D eigenvalue weighted by atomic mass is 9.94. The van der Waals surface area contributed by atoms with E-state index < -0.39 is 0 Å². The van der Waals surface area contributed by atoms with Crippen LogP contribution in [0.15, 0.2) is 18.2 Å². The molecule has 6 heteroatoms. The Bertz CT molecular complexity index is 648. The first kappa shape index (κ1) is 18.6. The Balaban J connectivity index is 1.57. The van der Waals surface area contributed by atoms with Crippen molar-refractivity contribution >= 4 is 34.4 Å². The van der Waals surface area contributed by atoms with Crippen LogP contribution < -0.4 is 0 Å². The molecule has 1 aromatic rings. The molecule has 2 aliphatic rings. The molecule has 2 aliphatic heterocycles. The van der Waals surface area contributed by atoms with E-state index in [-0.39, 0.29) is 17.7 Å². The third-order valence-electron chi connectivity index (χ3n) is 5.37. The number of amides is 2. The van der Waals surface area contributed by atoms with Crippen molar-refractivity contribution in [2.75, 3.05) is 46.3 Å². The zero-order chi connectivity index (χ0) is 18.0. The van der Waals surface area contributed by atoms with E-state index in [4.69, 9.17) is 0 Å². The number of piperazine rings is 1. The van der Waals surface area contributed by atoms with E-state index in [0.717, 1.165) is 53.7 Å². The highest BCUT2D eigenvalue weighted by Gasteiger charge is 2.31. The summed E-state index contributed by atoms with van der Waals surface area (Å²) in [4.78, 5) is 31.7. The summed E-state index contributed by atoms with van der Waals surface area (Å²) in [5.74, 6) is 0.452. The fraction of sp³-hybridized carbons (Fsp3) is 0.579. The first-order valence-corrected chi connectivity index (χ1v) is 10.1. The van der Waals surface area contributed by atoms with Gasteiger partial charge in [0.1, 0.15) is 0 Å². The molecule has 0 bridgehead atoms. The summed E-state index contributed by atoms with van der Waals surface area (Å²) in [5, 5.41) is 0. The maximum Gasteiger partial charge on any atom is 0.254 e. The number of hydrogen-bond donors (Lipinski definition) is 0. The van der Waals surface area contributed by atoms with Crippen LogP contribution in [-0.4, -0.2) is 72.8 Å². The minimum Gasteiger partial charge on any atom is -0.340 e. The summed E-state index contributed by atoms with van der Waals surface area (Å²) >= 11 is 2.25. The van der Waals surface area contributed by atoms with Crippen molar-refractivity contribution in [1.82, 2.24) is 14.7 Å². The van der Waals surface area contributed by atoms with Gasteiger partial charge in [-0.1, -0.05) is 12.1 Å². The third-order valence-corrected chi connectivity index (χ3v) is 6.80. The minimum atomic E-state index is 0.0732. The summed E-state index contributed by atoms with van der Waals surface area (Å²) in [7, 11) is 2.10. The average molecular weight is 455 g/mol. The number of rotatable bonds is 2. The van der Waals surface area contributed by atoms with Gasteiger partial charge in [-0.2, -0.15) is 0 Å². The van der Waals surface area contributed by atoms with Crippen molar-refractivity contribution in [3.8, 4) is 0 Å². The maximum absolute atomic E-state index is 12.8. The molecule has 0 saturated carbocycles. The fourth-order valence-corrected chi connectivity index (χ4v) is 4.19. The number of hydrogen-bond acceptors (Lipinski definition) is 3. The van der Waals surface area contributed by atoms with Gasteiger partial charge in [0.15, 0.2) is 0 Å². The molecule has 0 aliphatic carbocycles. The van der Waals surface area contributed by atoms with Gasteiger partial charge in [-0.3, -0.25) is 9.59 Å². The highest BCUT2D eigenvalue weighted by Crippen LogP contribution is 2.24. The number of likely N-dealkylation sites (tertiary alicyclic amines) is 1. The number of likely N-dealkylation sites (N-methyl/N-ethyl adjacent to an activating group) is 1. The van der Waals surface area contributed by atoms with E-state index >= 15 is 0 Å². The number of benzene rings is 1. The van der Waals surface area contributed by atoms with E-state index in [9.17, 15) is 9.59 Å². The first-order chi connectivity index (χ1) is 12.0. The molecule has 2 heterocycles. The van der Waals surface area contributed by atoms with Crippen LogP contribution >= 0.6 is 22.6 Å². The number of carbonyl (C=O) groups is 2. The Morgan fingerprint density at radius 1 is 1.00 bits per heavy atom.